The van der Waals surface area contributed by atoms with Crippen LogP contribution in [0.5, 0.6) is 0 Å². The van der Waals surface area contributed by atoms with E-state index in [0.717, 1.165) is 15.9 Å². The van der Waals surface area contributed by atoms with E-state index in [0.29, 0.717) is 17.2 Å². The first-order valence-electron chi connectivity index (χ1n) is 6.79. The molecule has 0 aliphatic heterocycles. The van der Waals surface area contributed by atoms with Gasteiger partial charge in [-0.3, -0.25) is 0 Å². The van der Waals surface area contributed by atoms with Gasteiger partial charge in [-0.15, -0.1) is 0 Å². The Morgan fingerprint density at radius 1 is 1.09 bits per heavy atom. The number of allylic oxidation sites excluding steroid dienone is 1. The van der Waals surface area contributed by atoms with E-state index >= 15 is 0 Å². The van der Waals surface area contributed by atoms with Crippen LogP contribution in [0.25, 0.3) is 17.0 Å². The van der Waals surface area contributed by atoms with Crippen LogP contribution in [-0.4, -0.2) is 15.9 Å². The van der Waals surface area contributed by atoms with Crippen LogP contribution in [-0.2, 0) is 0 Å². The fourth-order valence-corrected chi connectivity index (χ4v) is 2.06. The van der Waals surface area contributed by atoms with Crippen molar-refractivity contribution in [3.63, 3.8) is 0 Å². The summed E-state index contributed by atoms with van der Waals surface area (Å²) in [7, 11) is 0. The lowest BCUT2D eigenvalue weighted by atomic mass is 10.1. The molecule has 0 atom stereocenters. The highest BCUT2D eigenvalue weighted by Gasteiger charge is 2.06. The van der Waals surface area contributed by atoms with Crippen LogP contribution in [0.15, 0.2) is 78.1 Å². The Bertz CT molecular complexity index is 789. The van der Waals surface area contributed by atoms with Gasteiger partial charge in [-0.05, 0) is 17.7 Å². The Labute approximate surface area is 128 Å². The van der Waals surface area contributed by atoms with Gasteiger partial charge in [-0.1, -0.05) is 36.9 Å². The Hall–Kier alpha value is -3.14. The maximum absolute atomic E-state index is 12.1. The van der Waals surface area contributed by atoms with Crippen molar-refractivity contribution < 1.29 is 9.16 Å². The highest BCUT2D eigenvalue weighted by atomic mass is 16.5. The van der Waals surface area contributed by atoms with E-state index in [2.05, 4.69) is 11.6 Å². The Balaban J connectivity index is 1.81. The van der Waals surface area contributed by atoms with Gasteiger partial charge < -0.3 is 9.62 Å². The summed E-state index contributed by atoms with van der Waals surface area (Å²) in [5.74, 6) is 0.566. The molecule has 0 aliphatic carbocycles. The molecule has 2 aromatic carbocycles. The van der Waals surface area contributed by atoms with Crippen LogP contribution < -0.4 is 0 Å². The summed E-state index contributed by atoms with van der Waals surface area (Å²) < 4.78 is 6.05. The summed E-state index contributed by atoms with van der Waals surface area (Å²) >= 11 is 0. The van der Waals surface area contributed by atoms with E-state index in [1.807, 2.05) is 42.5 Å². The third-order valence-corrected chi connectivity index (χ3v) is 3.22. The molecule has 1 aromatic heterocycles. The fourth-order valence-electron chi connectivity index (χ4n) is 2.06. The largest absolute Gasteiger partial charge is 0.618 e. The van der Waals surface area contributed by atoms with E-state index < -0.39 is 0 Å². The molecule has 0 fully saturated rings. The molecule has 0 amide bonds. The van der Waals surface area contributed by atoms with E-state index in [4.69, 9.17) is 4.42 Å². The van der Waals surface area contributed by atoms with Crippen molar-refractivity contribution in [2.75, 3.05) is 0 Å². The Kier molecular flexibility index (Phi) is 3.83. The first-order chi connectivity index (χ1) is 10.7. The third-order valence-electron chi connectivity index (χ3n) is 3.22. The number of para-hydroxylation sites is 1. The molecule has 108 valence electrons. The first kappa shape index (κ1) is 13.8. The highest BCUT2D eigenvalue weighted by Crippen LogP contribution is 2.20. The van der Waals surface area contributed by atoms with Gasteiger partial charge in [0.2, 0.25) is 11.6 Å². The molecule has 22 heavy (non-hydrogen) atoms. The molecule has 0 unspecified atom stereocenters. The molecule has 0 saturated carbocycles. The zero-order chi connectivity index (χ0) is 15.4. The molecule has 0 aliphatic rings. The first-order valence-corrected chi connectivity index (χ1v) is 6.79. The topological polar surface area (TPSA) is 52.1 Å². The third kappa shape index (κ3) is 2.96. The molecule has 4 heteroatoms. The normalized spacial score (nSPS) is 11.4. The van der Waals surface area contributed by atoms with Crippen molar-refractivity contribution in [1.29, 1.82) is 0 Å². The zero-order valence-corrected chi connectivity index (χ0v) is 11.8. The van der Waals surface area contributed by atoms with Crippen LogP contribution in [0.2, 0.25) is 0 Å². The highest BCUT2D eigenvalue weighted by molar-refractivity contribution is 6.06. The second kappa shape index (κ2) is 6.10. The second-order valence-corrected chi connectivity index (χ2v) is 4.73. The number of rotatable bonds is 4. The minimum Gasteiger partial charge on any atom is -0.618 e. The fraction of sp³-hybridized carbons (Fsp3) is 0. The van der Waals surface area contributed by atoms with Gasteiger partial charge in [-0.2, -0.15) is 4.74 Å². The molecular formula is C18H14N2O2. The van der Waals surface area contributed by atoms with Gasteiger partial charge in [-0.25, -0.2) is 4.98 Å². The second-order valence-electron chi connectivity index (χ2n) is 4.73. The number of oxazole rings is 1. The molecule has 1 heterocycles. The van der Waals surface area contributed by atoms with Crippen LogP contribution in [0.3, 0.4) is 0 Å². The standard InChI is InChI=1S/C18H14N2O2/c1-14(13-20(21)17-5-3-2-4-6-17)15-7-9-16(10-8-15)18-19-11-12-22-18/h2-13H,1H2. The lowest BCUT2D eigenvalue weighted by Crippen LogP contribution is -1.98. The molecule has 3 rings (SSSR count). The van der Waals surface area contributed by atoms with Crippen LogP contribution in [0, 0.1) is 5.21 Å². The lowest BCUT2D eigenvalue weighted by Gasteiger charge is -2.05. The average Bonchev–Trinajstić information content (AvgIpc) is 3.10. The summed E-state index contributed by atoms with van der Waals surface area (Å²) in [4.78, 5) is 4.09. The van der Waals surface area contributed by atoms with Gasteiger partial charge in [0.05, 0.1) is 6.20 Å². The van der Waals surface area contributed by atoms with Crippen LogP contribution >= 0.6 is 0 Å². The van der Waals surface area contributed by atoms with Gasteiger partial charge in [0.15, 0.2) is 6.21 Å². The Morgan fingerprint density at radius 2 is 1.82 bits per heavy atom. The molecule has 0 bridgehead atoms. The Morgan fingerprint density at radius 3 is 2.45 bits per heavy atom. The van der Waals surface area contributed by atoms with E-state index in [1.165, 1.54) is 12.5 Å². The SMILES string of the molecule is C=C(C=[N+]([O-])c1ccccc1)c1ccc(-c2ncco2)cc1. The summed E-state index contributed by atoms with van der Waals surface area (Å²) in [5, 5.41) is 12.1. The van der Waals surface area contributed by atoms with Crippen LogP contribution in [0.1, 0.15) is 5.56 Å². The minimum atomic E-state index is 0.566. The summed E-state index contributed by atoms with van der Waals surface area (Å²) in [6.45, 7) is 3.95. The zero-order valence-electron chi connectivity index (χ0n) is 11.8. The maximum Gasteiger partial charge on any atom is 0.225 e. The predicted octanol–water partition coefficient (Wildman–Crippen LogP) is 4.27. The van der Waals surface area contributed by atoms with Gasteiger partial charge in [0, 0.05) is 23.3 Å². The summed E-state index contributed by atoms with van der Waals surface area (Å²) in [5.41, 5.74) is 2.95. The molecule has 4 nitrogen and oxygen atoms in total. The number of nitrogens with zero attached hydrogens (tertiary/aromatic N) is 2. The predicted molar refractivity (Wildman–Crippen MR) is 86.8 cm³/mol. The quantitative estimate of drug-likeness (QED) is 0.312. The minimum absolute atomic E-state index is 0.566. The maximum atomic E-state index is 12.1. The van der Waals surface area contributed by atoms with E-state index in [1.54, 1.807) is 18.3 Å². The number of hydrogen-bond acceptors (Lipinski definition) is 3. The van der Waals surface area contributed by atoms with Crippen molar-refractivity contribution in [1.82, 2.24) is 4.98 Å². The van der Waals surface area contributed by atoms with E-state index in [-0.39, 0.29) is 0 Å². The molecule has 0 N–H and O–H groups in total. The van der Waals surface area contributed by atoms with Gasteiger partial charge >= 0.3 is 0 Å². The van der Waals surface area contributed by atoms with Gasteiger partial charge in [0.25, 0.3) is 0 Å². The van der Waals surface area contributed by atoms with Gasteiger partial charge in [0.1, 0.15) is 6.26 Å². The average molecular weight is 290 g/mol. The van der Waals surface area contributed by atoms with Crippen molar-refractivity contribution in [3.05, 3.63) is 84.4 Å². The number of aromatic nitrogens is 1. The molecule has 3 aromatic rings. The van der Waals surface area contributed by atoms with Crippen molar-refractivity contribution >= 4 is 17.5 Å². The number of benzene rings is 2. The summed E-state index contributed by atoms with van der Waals surface area (Å²) in [6.07, 6.45) is 4.60. The summed E-state index contributed by atoms with van der Waals surface area (Å²) in [6, 6.07) is 16.6. The van der Waals surface area contributed by atoms with Crippen molar-refractivity contribution in [2.45, 2.75) is 0 Å². The molecule has 0 radical (unpaired) electrons. The van der Waals surface area contributed by atoms with Crippen molar-refractivity contribution in [3.8, 4) is 11.5 Å². The number of hydrogen-bond donors (Lipinski definition) is 0. The molecule has 0 spiro atoms. The lowest BCUT2D eigenvalue weighted by molar-refractivity contribution is -0.353. The monoisotopic (exact) mass is 290 g/mol. The van der Waals surface area contributed by atoms with Crippen LogP contribution in [0.4, 0.5) is 5.69 Å². The van der Waals surface area contributed by atoms with Crippen molar-refractivity contribution in [2.24, 2.45) is 0 Å². The van der Waals surface area contributed by atoms with E-state index in [9.17, 15) is 5.21 Å². The molecule has 0 saturated heterocycles. The smallest absolute Gasteiger partial charge is 0.225 e. The molecular weight excluding hydrogens is 276 g/mol.